The first-order valence-corrected chi connectivity index (χ1v) is 15.0. The number of nitrogens with one attached hydrogen (secondary N) is 2. The van der Waals surface area contributed by atoms with Crippen molar-refractivity contribution in [3.63, 3.8) is 0 Å². The molecule has 37 heavy (non-hydrogen) atoms. The minimum atomic E-state index is -3.75. The number of carbonyl (C=O) groups is 2. The lowest BCUT2D eigenvalue weighted by atomic mass is 9.84. The molecule has 0 radical (unpaired) electrons. The van der Waals surface area contributed by atoms with Crippen molar-refractivity contribution < 1.29 is 18.0 Å². The van der Waals surface area contributed by atoms with Crippen LogP contribution in [0.4, 0.5) is 0 Å². The van der Waals surface area contributed by atoms with Gasteiger partial charge in [-0.15, -0.1) is 11.3 Å². The Hall–Kier alpha value is -3.05. The highest BCUT2D eigenvalue weighted by molar-refractivity contribution is 7.88. The average Bonchev–Trinajstić information content (AvgIpc) is 3.57. The van der Waals surface area contributed by atoms with Crippen LogP contribution in [0.2, 0.25) is 0 Å². The van der Waals surface area contributed by atoms with Crippen molar-refractivity contribution in [2.75, 3.05) is 12.8 Å². The van der Waals surface area contributed by atoms with Gasteiger partial charge in [-0.1, -0.05) is 60.7 Å². The zero-order valence-electron chi connectivity index (χ0n) is 20.7. The predicted octanol–water partition coefficient (Wildman–Crippen LogP) is 2.56. The zero-order valence-corrected chi connectivity index (χ0v) is 22.3. The van der Waals surface area contributed by atoms with Gasteiger partial charge in [-0.2, -0.15) is 0 Å². The molecule has 0 aliphatic carbocycles. The van der Waals surface area contributed by atoms with Crippen molar-refractivity contribution in [2.24, 2.45) is 5.73 Å². The molecule has 0 spiro atoms. The van der Waals surface area contributed by atoms with Crippen molar-refractivity contribution >= 4 is 33.2 Å². The molecular weight excluding hydrogens is 508 g/mol. The fraction of sp³-hybridized carbons (Fsp3) is 0.333. The molecule has 0 saturated carbocycles. The van der Waals surface area contributed by atoms with Gasteiger partial charge >= 0.3 is 0 Å². The van der Waals surface area contributed by atoms with Gasteiger partial charge in [0.25, 0.3) is 0 Å². The largest absolute Gasteiger partial charge is 0.349 e. The van der Waals surface area contributed by atoms with Crippen LogP contribution in [0.1, 0.15) is 40.3 Å². The van der Waals surface area contributed by atoms with Gasteiger partial charge in [0.2, 0.25) is 21.8 Å². The number of benzene rings is 2. The number of hydrogen-bond acceptors (Lipinski definition) is 6. The summed E-state index contributed by atoms with van der Waals surface area (Å²) >= 11 is 1.52. The highest BCUT2D eigenvalue weighted by Crippen LogP contribution is 2.31. The van der Waals surface area contributed by atoms with Crippen LogP contribution in [-0.4, -0.2) is 50.0 Å². The topological polar surface area (TPSA) is 122 Å². The third-order valence-electron chi connectivity index (χ3n) is 6.48. The van der Waals surface area contributed by atoms with E-state index in [1.807, 2.05) is 72.1 Å². The van der Waals surface area contributed by atoms with E-state index < -0.39 is 33.9 Å². The Morgan fingerprint density at radius 2 is 1.70 bits per heavy atom. The molecule has 8 nitrogen and oxygen atoms in total. The van der Waals surface area contributed by atoms with Crippen LogP contribution in [0.3, 0.4) is 0 Å². The highest BCUT2D eigenvalue weighted by Gasteiger charge is 2.41. The maximum absolute atomic E-state index is 14.0. The van der Waals surface area contributed by atoms with E-state index in [4.69, 9.17) is 5.73 Å². The van der Waals surface area contributed by atoms with Gasteiger partial charge in [0.15, 0.2) is 0 Å². The van der Waals surface area contributed by atoms with Crippen LogP contribution in [-0.2, 0) is 32.7 Å². The minimum Gasteiger partial charge on any atom is -0.349 e. The van der Waals surface area contributed by atoms with E-state index in [1.54, 1.807) is 0 Å². The number of sulfonamides is 1. The van der Waals surface area contributed by atoms with E-state index in [0.29, 0.717) is 32.5 Å². The normalized spacial score (nSPS) is 16.6. The summed E-state index contributed by atoms with van der Waals surface area (Å²) in [6.07, 6.45) is 2.22. The molecule has 1 aliphatic heterocycles. The number of likely N-dealkylation sites (tertiary alicyclic amines) is 1. The van der Waals surface area contributed by atoms with Crippen molar-refractivity contribution in [1.29, 1.82) is 0 Å². The molecular formula is C27H32N4O4S2. The molecule has 0 bridgehead atoms. The molecule has 2 heterocycles. The van der Waals surface area contributed by atoms with Crippen LogP contribution in [0, 0.1) is 0 Å². The fourth-order valence-electron chi connectivity index (χ4n) is 4.79. The number of rotatable bonds is 10. The summed E-state index contributed by atoms with van der Waals surface area (Å²) in [5, 5.41) is 4.90. The SMILES string of the molecule is CS(=O)(=O)NC(C(=O)N1CCCC1C(=O)NCc1cc(CN)cs1)C(c1ccccc1)c1ccccc1. The summed E-state index contributed by atoms with van der Waals surface area (Å²) in [7, 11) is -3.75. The maximum atomic E-state index is 14.0. The van der Waals surface area contributed by atoms with Crippen molar-refractivity contribution in [2.45, 2.75) is 43.9 Å². The third kappa shape index (κ3) is 6.84. The van der Waals surface area contributed by atoms with Crippen LogP contribution < -0.4 is 15.8 Å². The van der Waals surface area contributed by atoms with Gasteiger partial charge in [-0.05, 0) is 41.0 Å². The van der Waals surface area contributed by atoms with Gasteiger partial charge < -0.3 is 16.0 Å². The summed E-state index contributed by atoms with van der Waals surface area (Å²) in [6, 6.07) is 18.9. The van der Waals surface area contributed by atoms with Crippen LogP contribution in [0.5, 0.6) is 0 Å². The molecule has 1 saturated heterocycles. The van der Waals surface area contributed by atoms with E-state index in [9.17, 15) is 18.0 Å². The lowest BCUT2D eigenvalue weighted by molar-refractivity contribution is -0.140. The second-order valence-corrected chi connectivity index (χ2v) is 12.0. The molecule has 1 aliphatic rings. The van der Waals surface area contributed by atoms with E-state index in [1.165, 1.54) is 16.2 Å². The van der Waals surface area contributed by atoms with Crippen LogP contribution >= 0.6 is 11.3 Å². The van der Waals surface area contributed by atoms with Crippen molar-refractivity contribution in [3.05, 3.63) is 93.7 Å². The molecule has 4 rings (SSSR count). The van der Waals surface area contributed by atoms with Crippen molar-refractivity contribution in [1.82, 2.24) is 14.9 Å². The standard InChI is InChI=1S/C27H32N4O4S2/c1-37(34,35)30-25(24(20-9-4-2-5-10-20)21-11-6-3-7-12-21)27(33)31-14-8-13-23(31)26(32)29-17-22-15-19(16-28)18-36-22/h2-7,9-12,15,18,23-25,30H,8,13-14,16-17,28H2,1H3,(H,29,32). The molecule has 10 heteroatoms. The summed E-state index contributed by atoms with van der Waals surface area (Å²) < 4.78 is 27.5. The average molecular weight is 541 g/mol. The minimum absolute atomic E-state index is 0.248. The van der Waals surface area contributed by atoms with E-state index >= 15 is 0 Å². The number of thiophene rings is 1. The van der Waals surface area contributed by atoms with Crippen molar-refractivity contribution in [3.8, 4) is 0 Å². The predicted molar refractivity (Wildman–Crippen MR) is 145 cm³/mol. The fourth-order valence-corrected chi connectivity index (χ4v) is 6.33. The summed E-state index contributed by atoms with van der Waals surface area (Å²) in [5.74, 6) is -1.24. The summed E-state index contributed by atoms with van der Waals surface area (Å²) in [6.45, 7) is 1.17. The Balaban J connectivity index is 1.61. The van der Waals surface area contributed by atoms with Crippen LogP contribution in [0.15, 0.2) is 72.1 Å². The summed E-state index contributed by atoms with van der Waals surface area (Å²) in [4.78, 5) is 29.7. The Kier molecular flexibility index (Phi) is 8.75. The monoisotopic (exact) mass is 540 g/mol. The number of amides is 2. The molecule has 4 N–H and O–H groups in total. The summed E-state index contributed by atoms with van der Waals surface area (Å²) in [5.41, 5.74) is 8.29. The molecule has 1 fully saturated rings. The Morgan fingerprint density at radius 1 is 1.08 bits per heavy atom. The van der Waals surface area contributed by atoms with E-state index in [-0.39, 0.29) is 5.91 Å². The van der Waals surface area contributed by atoms with Gasteiger partial charge in [-0.25, -0.2) is 13.1 Å². The number of nitrogens with two attached hydrogens (primary N) is 1. The molecule has 196 valence electrons. The first-order chi connectivity index (χ1) is 17.8. The van der Waals surface area contributed by atoms with Gasteiger partial charge in [0, 0.05) is 23.9 Å². The molecule has 2 atom stereocenters. The van der Waals surface area contributed by atoms with Gasteiger partial charge in [-0.3, -0.25) is 9.59 Å². The highest BCUT2D eigenvalue weighted by atomic mass is 32.2. The molecule has 2 aromatic carbocycles. The Bertz CT molecular complexity index is 1270. The molecule has 3 aromatic rings. The lowest BCUT2D eigenvalue weighted by Gasteiger charge is -2.33. The maximum Gasteiger partial charge on any atom is 0.243 e. The number of carbonyl (C=O) groups excluding carboxylic acids is 2. The van der Waals surface area contributed by atoms with Gasteiger partial charge in [0.1, 0.15) is 12.1 Å². The van der Waals surface area contributed by atoms with E-state index in [2.05, 4.69) is 10.0 Å². The van der Waals surface area contributed by atoms with E-state index in [0.717, 1.165) is 27.8 Å². The Labute approximate surface area is 221 Å². The number of nitrogens with zero attached hydrogens (tertiary/aromatic N) is 1. The molecule has 2 amide bonds. The lowest BCUT2D eigenvalue weighted by Crippen LogP contribution is -2.55. The quantitative estimate of drug-likeness (QED) is 0.365. The second-order valence-electron chi connectivity index (χ2n) is 9.20. The number of hydrogen-bond donors (Lipinski definition) is 3. The van der Waals surface area contributed by atoms with Gasteiger partial charge in [0.05, 0.1) is 12.8 Å². The molecule has 2 unspecified atom stereocenters. The third-order valence-corrected chi connectivity index (χ3v) is 8.14. The molecule has 1 aromatic heterocycles. The van der Waals surface area contributed by atoms with Crippen LogP contribution in [0.25, 0.3) is 0 Å². The second kappa shape index (κ2) is 12.0. The first kappa shape index (κ1) is 27.0. The Morgan fingerprint density at radius 3 is 2.24 bits per heavy atom. The zero-order chi connectivity index (χ0) is 26.4. The first-order valence-electron chi connectivity index (χ1n) is 12.2. The smallest absolute Gasteiger partial charge is 0.243 e.